The zero-order chi connectivity index (χ0) is 17.3. The van der Waals surface area contributed by atoms with Crippen LogP contribution < -0.4 is 29.6 Å². The number of carbonyl (C=O) groups is 1. The van der Waals surface area contributed by atoms with E-state index in [-0.39, 0.29) is 48.9 Å². The zero-order valence-corrected chi connectivity index (χ0v) is 14.0. The molecule has 122 valence electrons. The number of aliphatic hydroxyl groups excluding tert-OH is 4. The second-order valence-electron chi connectivity index (χ2n) is 4.01. The Morgan fingerprint density at radius 1 is 1.32 bits per heavy atom. The van der Waals surface area contributed by atoms with Gasteiger partial charge < -0.3 is 34.8 Å². The molecule has 1 saturated heterocycles. The molecule has 0 bridgehead atoms. The summed E-state index contributed by atoms with van der Waals surface area (Å²) in [7, 11) is 3.28. The summed E-state index contributed by atoms with van der Waals surface area (Å²) >= 11 is 0. The summed E-state index contributed by atoms with van der Waals surface area (Å²) in [4.78, 5) is 27.7. The van der Waals surface area contributed by atoms with E-state index in [1.54, 1.807) is 0 Å². The van der Waals surface area contributed by atoms with E-state index in [0.717, 1.165) is 4.90 Å². The molecule has 1 rings (SSSR count). The van der Waals surface area contributed by atoms with Crippen molar-refractivity contribution in [2.45, 2.75) is 30.7 Å². The number of hydrogen-bond acceptors (Lipinski definition) is 9. The average Bonchev–Trinajstić information content (AvgIpc) is 2.47. The van der Waals surface area contributed by atoms with Gasteiger partial charge in [0.1, 0.15) is 25.8 Å². The third-order valence-electron chi connectivity index (χ3n) is 2.62. The minimum Gasteiger partial charge on any atom is -0.497 e. The first kappa shape index (κ1) is 21.6. The molecule has 0 aromatic rings. The molecule has 1 amide bonds. The average molecular weight is 332 g/mol. The molecular weight excluding hydrogens is 313 g/mol. The van der Waals surface area contributed by atoms with Crippen molar-refractivity contribution in [2.75, 3.05) is 19.8 Å². The maximum Gasteiger partial charge on any atom is 1.00 e. The molecular formula is C11H18NNaO9. The van der Waals surface area contributed by atoms with Crippen molar-refractivity contribution in [2.24, 2.45) is 0 Å². The minimum absolute atomic E-state index is 0. The van der Waals surface area contributed by atoms with Gasteiger partial charge in [-0.25, -0.2) is 0 Å². The van der Waals surface area contributed by atoms with Crippen molar-refractivity contribution >= 4 is 12.5 Å². The molecule has 22 heavy (non-hydrogen) atoms. The van der Waals surface area contributed by atoms with Crippen LogP contribution >= 0.6 is 0 Å². The molecule has 0 saturated carbocycles. The maximum atomic E-state index is 10.6. The number of amides is 1. The Bertz CT molecular complexity index is 381. The van der Waals surface area contributed by atoms with Gasteiger partial charge in [0.25, 0.3) is 0 Å². The number of rotatable bonds is 5. The van der Waals surface area contributed by atoms with E-state index in [2.05, 4.69) is 7.05 Å². The molecule has 0 radical (unpaired) electrons. The minimum atomic E-state index is -1.51. The molecule has 1 aliphatic rings. The van der Waals surface area contributed by atoms with Gasteiger partial charge in [-0.1, -0.05) is 0 Å². The predicted molar refractivity (Wildman–Crippen MR) is 62.9 cm³/mol. The van der Waals surface area contributed by atoms with Crippen LogP contribution in [0, 0.1) is 7.05 Å². The van der Waals surface area contributed by atoms with E-state index in [0.29, 0.717) is 0 Å². The monoisotopic (exact) mass is 332 g/mol. The first-order chi connectivity index (χ1) is 10.3. The van der Waals surface area contributed by atoms with Crippen LogP contribution in [0.5, 0.6) is 0 Å². The summed E-state index contributed by atoms with van der Waals surface area (Å²) in [5.74, 6) is 0. The quantitative estimate of drug-likeness (QED) is 0.218. The fraction of sp³-hybridized carbons (Fsp3) is 0.727. The Kier molecular flexibility index (Phi) is 12.9. The van der Waals surface area contributed by atoms with Crippen LogP contribution in [0.3, 0.4) is 0 Å². The molecule has 5 atom stereocenters. The van der Waals surface area contributed by atoms with E-state index in [9.17, 15) is 20.1 Å². The molecule has 0 unspecified atom stereocenters. The molecule has 0 aliphatic carbocycles. The third-order valence-corrected chi connectivity index (χ3v) is 2.62. The van der Waals surface area contributed by atoms with Gasteiger partial charge in [-0.05, 0) is 0 Å². The standard InChI is InChI=1S/C10H18NO7.CO2.Na/c1-11(5-13)2-3-17-10-9(16)8(15)7(14)6(4-12)18-10;2-1-3;/h5-10,12,14-16H,1-4H2;;/q-1;;+1/t6-,7-,8+,9-,10-;;/m1../s1/i5D;;. The van der Waals surface area contributed by atoms with E-state index in [1.807, 2.05) is 0 Å². The Labute approximate surface area is 150 Å². The Hall–Kier alpha value is -0.390. The Balaban J connectivity index is 0. The van der Waals surface area contributed by atoms with Gasteiger partial charge in [0, 0.05) is 6.54 Å². The number of aliphatic hydroxyl groups is 4. The summed E-state index contributed by atoms with van der Waals surface area (Å²) in [6, 6.07) is 0. The molecule has 1 fully saturated rings. The van der Waals surface area contributed by atoms with Crippen molar-refractivity contribution in [3.05, 3.63) is 7.05 Å². The van der Waals surface area contributed by atoms with Gasteiger partial charge in [-0.15, -0.1) is 0 Å². The van der Waals surface area contributed by atoms with E-state index >= 15 is 0 Å². The second-order valence-corrected chi connectivity index (χ2v) is 4.01. The van der Waals surface area contributed by atoms with Crippen LogP contribution in [0.25, 0.3) is 0 Å². The molecule has 0 aromatic heterocycles. The zero-order valence-electron chi connectivity index (χ0n) is 13.0. The van der Waals surface area contributed by atoms with E-state index in [1.165, 1.54) is 0 Å². The van der Waals surface area contributed by atoms with Crippen molar-refractivity contribution < 1.29 is 75.2 Å². The summed E-state index contributed by atoms with van der Waals surface area (Å²) in [5, 5.41) is 37.6. The van der Waals surface area contributed by atoms with Gasteiger partial charge in [-0.3, -0.25) is 11.8 Å². The van der Waals surface area contributed by atoms with Crippen LogP contribution in [0.1, 0.15) is 1.37 Å². The number of nitrogens with zero attached hydrogens (tertiary/aromatic N) is 1. The van der Waals surface area contributed by atoms with Crippen molar-refractivity contribution in [3.63, 3.8) is 0 Å². The van der Waals surface area contributed by atoms with Crippen LogP contribution in [0.2, 0.25) is 0 Å². The second kappa shape index (κ2) is 13.1. The molecule has 1 aliphatic heterocycles. The summed E-state index contributed by atoms with van der Waals surface area (Å²) < 4.78 is 16.9. The van der Waals surface area contributed by atoms with Crippen LogP contribution in [-0.2, 0) is 23.9 Å². The Morgan fingerprint density at radius 3 is 2.32 bits per heavy atom. The first-order valence-electron chi connectivity index (χ1n) is 6.30. The van der Waals surface area contributed by atoms with Crippen molar-refractivity contribution in [1.29, 1.82) is 0 Å². The summed E-state index contributed by atoms with van der Waals surface area (Å²) in [5.41, 5.74) is 0. The van der Waals surface area contributed by atoms with Crippen molar-refractivity contribution in [3.8, 4) is 0 Å². The summed E-state index contributed by atoms with van der Waals surface area (Å²) in [6.07, 6.45) is -7.47. The van der Waals surface area contributed by atoms with Crippen LogP contribution in [0.4, 0.5) is 0 Å². The normalized spacial score (nSPS) is 30.8. The number of carbonyl (C=O) groups excluding carboxylic acids is 3. The number of hydrogen-bond donors (Lipinski definition) is 4. The number of ether oxygens (including phenoxy) is 2. The first-order valence-corrected chi connectivity index (χ1v) is 5.80. The third kappa shape index (κ3) is 7.75. The summed E-state index contributed by atoms with van der Waals surface area (Å²) in [6.45, 7) is -0.633. The van der Waals surface area contributed by atoms with Gasteiger partial charge in [0.2, 0.25) is 0 Å². The van der Waals surface area contributed by atoms with Gasteiger partial charge >= 0.3 is 35.7 Å². The van der Waals surface area contributed by atoms with E-state index in [4.69, 9.17) is 25.5 Å². The molecule has 0 spiro atoms. The van der Waals surface area contributed by atoms with Gasteiger partial charge in [-0.2, -0.15) is 9.59 Å². The molecule has 1 heterocycles. The van der Waals surface area contributed by atoms with Crippen molar-refractivity contribution in [1.82, 2.24) is 4.90 Å². The smallest absolute Gasteiger partial charge is 0.497 e. The largest absolute Gasteiger partial charge is 1.00 e. The molecule has 10 nitrogen and oxygen atoms in total. The van der Waals surface area contributed by atoms with Gasteiger partial charge in [0.05, 0.1) is 13.2 Å². The topological polar surface area (TPSA) is 154 Å². The molecule has 0 aromatic carbocycles. The van der Waals surface area contributed by atoms with Gasteiger partial charge in [0.15, 0.2) is 12.7 Å². The SMILES string of the molecule is O=C=O.[2H]C(=O)N([CH2-])CCO[C@@H]1O[C@H](CO)[C@@H](O)[C@H](O)[C@H]1O.[Na+]. The fourth-order valence-electron chi connectivity index (χ4n) is 1.53. The molecule has 4 N–H and O–H groups in total. The van der Waals surface area contributed by atoms with Crippen LogP contribution in [-0.4, -0.2) is 88.3 Å². The van der Waals surface area contributed by atoms with Crippen LogP contribution in [0.15, 0.2) is 0 Å². The fourth-order valence-corrected chi connectivity index (χ4v) is 1.53. The predicted octanol–water partition coefficient (Wildman–Crippen LogP) is -6.53. The van der Waals surface area contributed by atoms with E-state index < -0.39 is 43.7 Å². The maximum absolute atomic E-state index is 10.6. The molecule has 11 heteroatoms. The Morgan fingerprint density at radius 2 is 1.86 bits per heavy atom.